The number of halogens is 1. The zero-order valence-corrected chi connectivity index (χ0v) is 14.2. The molecule has 0 aliphatic rings. The van der Waals surface area contributed by atoms with Crippen molar-refractivity contribution in [3.05, 3.63) is 28.7 Å². The van der Waals surface area contributed by atoms with Crippen LogP contribution in [0.1, 0.15) is 27.7 Å². The summed E-state index contributed by atoms with van der Waals surface area (Å²) in [4.78, 5) is 23.5. The number of ether oxygens (including phenoxy) is 2. The van der Waals surface area contributed by atoms with Gasteiger partial charge in [-0.15, -0.1) is 0 Å². The molecule has 6 heteroatoms. The van der Waals surface area contributed by atoms with Crippen LogP contribution in [0.15, 0.2) is 28.7 Å². The third-order valence-corrected chi connectivity index (χ3v) is 2.80. The number of hydrogen-bond acceptors (Lipinski definition) is 4. The SMILES string of the molecule is C[C@H](NC(=O)COc1cccc(Br)c1)C(=O)OC(C)(C)C. The van der Waals surface area contributed by atoms with E-state index in [1.807, 2.05) is 6.07 Å². The number of carbonyl (C=O) groups is 2. The molecule has 1 aromatic rings. The van der Waals surface area contributed by atoms with Crippen molar-refractivity contribution in [3.63, 3.8) is 0 Å². The van der Waals surface area contributed by atoms with Gasteiger partial charge in [-0.3, -0.25) is 4.79 Å². The summed E-state index contributed by atoms with van der Waals surface area (Å²) in [7, 11) is 0. The van der Waals surface area contributed by atoms with Crippen molar-refractivity contribution in [2.45, 2.75) is 39.3 Å². The molecule has 5 nitrogen and oxygen atoms in total. The minimum atomic E-state index is -0.720. The topological polar surface area (TPSA) is 64.6 Å². The Hall–Kier alpha value is -1.56. The van der Waals surface area contributed by atoms with Crippen LogP contribution >= 0.6 is 15.9 Å². The normalized spacial score (nSPS) is 12.4. The Kier molecular flexibility index (Phi) is 6.20. The molecule has 0 aliphatic carbocycles. The van der Waals surface area contributed by atoms with Crippen molar-refractivity contribution in [2.75, 3.05) is 6.61 Å². The van der Waals surface area contributed by atoms with Crippen LogP contribution in [0.25, 0.3) is 0 Å². The Labute approximate surface area is 133 Å². The van der Waals surface area contributed by atoms with Crippen LogP contribution in [0.4, 0.5) is 0 Å². The van der Waals surface area contributed by atoms with Crippen molar-refractivity contribution in [3.8, 4) is 5.75 Å². The van der Waals surface area contributed by atoms with E-state index in [0.717, 1.165) is 4.47 Å². The molecule has 1 atom stereocenters. The van der Waals surface area contributed by atoms with Crippen LogP contribution in [-0.2, 0) is 14.3 Å². The van der Waals surface area contributed by atoms with Gasteiger partial charge in [0.15, 0.2) is 6.61 Å². The van der Waals surface area contributed by atoms with Crippen LogP contribution in [0, 0.1) is 0 Å². The molecule has 1 amide bonds. The second-order valence-corrected chi connectivity index (χ2v) is 6.48. The zero-order valence-electron chi connectivity index (χ0n) is 12.6. The molecule has 1 rings (SSSR count). The van der Waals surface area contributed by atoms with Crippen molar-refractivity contribution in [2.24, 2.45) is 0 Å². The van der Waals surface area contributed by atoms with E-state index in [-0.39, 0.29) is 12.5 Å². The van der Waals surface area contributed by atoms with Crippen LogP contribution in [0.5, 0.6) is 5.75 Å². The molecule has 0 spiro atoms. The Morgan fingerprint density at radius 3 is 2.57 bits per heavy atom. The molecular weight excluding hydrogens is 338 g/mol. The van der Waals surface area contributed by atoms with Gasteiger partial charge in [0.05, 0.1) is 0 Å². The first-order valence-electron chi connectivity index (χ1n) is 6.58. The summed E-state index contributed by atoms with van der Waals surface area (Å²) in [5.74, 6) is -0.281. The summed E-state index contributed by atoms with van der Waals surface area (Å²) in [5, 5.41) is 2.54. The van der Waals surface area contributed by atoms with Crippen molar-refractivity contribution in [1.82, 2.24) is 5.32 Å². The minimum Gasteiger partial charge on any atom is -0.484 e. The van der Waals surface area contributed by atoms with Gasteiger partial charge < -0.3 is 14.8 Å². The van der Waals surface area contributed by atoms with Crippen molar-refractivity contribution in [1.29, 1.82) is 0 Å². The standard InChI is InChI=1S/C15H20BrNO4/c1-10(14(19)21-15(2,3)4)17-13(18)9-20-12-7-5-6-11(16)8-12/h5-8,10H,9H2,1-4H3,(H,17,18)/t10-/m0/s1. The highest BCUT2D eigenvalue weighted by molar-refractivity contribution is 9.10. The monoisotopic (exact) mass is 357 g/mol. The van der Waals surface area contributed by atoms with Gasteiger partial charge in [-0.25, -0.2) is 4.79 Å². The van der Waals surface area contributed by atoms with Gasteiger partial charge in [0.25, 0.3) is 5.91 Å². The minimum absolute atomic E-state index is 0.163. The lowest BCUT2D eigenvalue weighted by atomic mass is 10.2. The quantitative estimate of drug-likeness (QED) is 0.822. The molecular formula is C15H20BrNO4. The molecule has 0 radical (unpaired) electrons. The largest absolute Gasteiger partial charge is 0.484 e. The number of rotatable bonds is 5. The number of benzene rings is 1. The molecule has 0 heterocycles. The Balaban J connectivity index is 2.41. The predicted molar refractivity (Wildman–Crippen MR) is 83.1 cm³/mol. The first-order chi connectivity index (χ1) is 9.67. The van der Waals surface area contributed by atoms with E-state index in [4.69, 9.17) is 9.47 Å². The van der Waals surface area contributed by atoms with Crippen LogP contribution in [0.3, 0.4) is 0 Å². The van der Waals surface area contributed by atoms with Gasteiger partial charge >= 0.3 is 5.97 Å². The highest BCUT2D eigenvalue weighted by atomic mass is 79.9. The highest BCUT2D eigenvalue weighted by Crippen LogP contribution is 2.17. The molecule has 0 unspecified atom stereocenters. The average molecular weight is 358 g/mol. The fraction of sp³-hybridized carbons (Fsp3) is 0.467. The first-order valence-corrected chi connectivity index (χ1v) is 7.37. The van der Waals surface area contributed by atoms with Gasteiger partial charge in [-0.05, 0) is 45.9 Å². The van der Waals surface area contributed by atoms with E-state index >= 15 is 0 Å². The maximum atomic E-state index is 11.7. The van der Waals surface area contributed by atoms with Crippen LogP contribution in [-0.4, -0.2) is 30.1 Å². The zero-order chi connectivity index (χ0) is 16.0. The van der Waals surface area contributed by atoms with Crippen LogP contribution in [0.2, 0.25) is 0 Å². The predicted octanol–water partition coefficient (Wildman–Crippen LogP) is 2.67. The lowest BCUT2D eigenvalue weighted by Gasteiger charge is -2.22. The molecule has 0 saturated carbocycles. The Morgan fingerprint density at radius 2 is 2.00 bits per heavy atom. The number of nitrogens with one attached hydrogen (secondary N) is 1. The van der Waals surface area contributed by atoms with Gasteiger partial charge in [0.2, 0.25) is 0 Å². The maximum Gasteiger partial charge on any atom is 0.328 e. The van der Waals surface area contributed by atoms with E-state index in [2.05, 4.69) is 21.2 Å². The third kappa shape index (κ3) is 7.13. The fourth-order valence-corrected chi connectivity index (χ4v) is 1.82. The van der Waals surface area contributed by atoms with Gasteiger partial charge in [0, 0.05) is 4.47 Å². The Morgan fingerprint density at radius 1 is 1.33 bits per heavy atom. The van der Waals surface area contributed by atoms with Gasteiger partial charge in [-0.1, -0.05) is 22.0 Å². The van der Waals surface area contributed by atoms with Gasteiger partial charge in [-0.2, -0.15) is 0 Å². The van der Waals surface area contributed by atoms with Crippen molar-refractivity contribution >= 4 is 27.8 Å². The van der Waals surface area contributed by atoms with Crippen LogP contribution < -0.4 is 10.1 Å². The summed E-state index contributed by atoms with van der Waals surface area (Å²) in [5.41, 5.74) is -0.580. The van der Waals surface area contributed by atoms with E-state index in [1.165, 1.54) is 0 Å². The highest BCUT2D eigenvalue weighted by Gasteiger charge is 2.22. The molecule has 0 saturated heterocycles. The number of esters is 1. The molecule has 0 bridgehead atoms. The first kappa shape index (κ1) is 17.5. The molecule has 21 heavy (non-hydrogen) atoms. The van der Waals surface area contributed by atoms with E-state index in [9.17, 15) is 9.59 Å². The lowest BCUT2D eigenvalue weighted by molar-refractivity contribution is -0.158. The molecule has 0 aliphatic heterocycles. The number of hydrogen-bond donors (Lipinski definition) is 1. The fourth-order valence-electron chi connectivity index (χ4n) is 1.44. The van der Waals surface area contributed by atoms with Gasteiger partial charge in [0.1, 0.15) is 17.4 Å². The molecule has 1 aromatic carbocycles. The smallest absolute Gasteiger partial charge is 0.328 e. The molecule has 1 N–H and O–H groups in total. The second-order valence-electron chi connectivity index (χ2n) is 5.57. The second kappa shape index (κ2) is 7.45. The summed E-state index contributed by atoms with van der Waals surface area (Å²) < 4.78 is 11.4. The summed E-state index contributed by atoms with van der Waals surface area (Å²) in [6, 6.07) is 6.45. The van der Waals surface area contributed by atoms with Crippen molar-refractivity contribution < 1.29 is 19.1 Å². The number of amides is 1. The lowest BCUT2D eigenvalue weighted by Crippen LogP contribution is -2.43. The molecule has 0 fully saturated rings. The summed E-state index contributed by atoms with van der Waals surface area (Å²) in [6.45, 7) is 6.73. The maximum absolute atomic E-state index is 11.7. The van der Waals surface area contributed by atoms with E-state index in [1.54, 1.807) is 45.9 Å². The summed E-state index contributed by atoms with van der Waals surface area (Å²) in [6.07, 6.45) is 0. The van der Waals surface area contributed by atoms with E-state index in [0.29, 0.717) is 5.75 Å². The molecule has 0 aromatic heterocycles. The number of carbonyl (C=O) groups excluding carboxylic acids is 2. The molecule has 116 valence electrons. The average Bonchev–Trinajstić information content (AvgIpc) is 2.34. The Bertz CT molecular complexity index is 511. The third-order valence-electron chi connectivity index (χ3n) is 2.30. The summed E-state index contributed by atoms with van der Waals surface area (Å²) >= 11 is 3.31. The van der Waals surface area contributed by atoms with E-state index < -0.39 is 17.6 Å².